The summed E-state index contributed by atoms with van der Waals surface area (Å²) in [6, 6.07) is 0.841. The van der Waals surface area contributed by atoms with Gasteiger partial charge in [0.25, 0.3) is 0 Å². The van der Waals surface area contributed by atoms with Gasteiger partial charge in [0.2, 0.25) is 5.90 Å². The van der Waals surface area contributed by atoms with Crippen LogP contribution in [0.2, 0.25) is 0 Å². The Kier molecular flexibility index (Phi) is 3.47. The van der Waals surface area contributed by atoms with E-state index >= 15 is 0 Å². The van der Waals surface area contributed by atoms with Crippen LogP contribution in [0.25, 0.3) is 0 Å². The summed E-state index contributed by atoms with van der Waals surface area (Å²) in [7, 11) is 1.72. The Morgan fingerprint density at radius 1 is 1.25 bits per heavy atom. The largest absolute Gasteiger partial charge is 0.483 e. The van der Waals surface area contributed by atoms with Crippen molar-refractivity contribution in [2.24, 2.45) is 15.9 Å². The van der Waals surface area contributed by atoms with E-state index in [9.17, 15) is 0 Å². The predicted octanol–water partition coefficient (Wildman–Crippen LogP) is 2.20. The van der Waals surface area contributed by atoms with E-state index in [0.717, 1.165) is 25.4 Å². The summed E-state index contributed by atoms with van der Waals surface area (Å²) in [6.45, 7) is 1.96. The maximum absolute atomic E-state index is 5.66. The highest BCUT2D eigenvalue weighted by molar-refractivity contribution is 5.92. The summed E-state index contributed by atoms with van der Waals surface area (Å²) in [5.74, 6) is 1.53. The van der Waals surface area contributed by atoms with E-state index in [-0.39, 0.29) is 12.0 Å². The summed E-state index contributed by atoms with van der Waals surface area (Å²) in [4.78, 5) is 9.16. The Morgan fingerprint density at radius 2 is 2.12 bits per heavy atom. The third-order valence-corrected chi connectivity index (χ3v) is 6.05. The first-order chi connectivity index (χ1) is 11.9. The first-order valence-electron chi connectivity index (χ1n) is 9.31. The number of methoxy groups -OCH3 is 1. The van der Waals surface area contributed by atoms with Crippen LogP contribution in [0, 0.1) is 5.92 Å². The van der Waals surface area contributed by atoms with Crippen LogP contribution in [0.1, 0.15) is 61.0 Å². The van der Waals surface area contributed by atoms with E-state index in [1.165, 1.54) is 49.1 Å². The Hall–Kier alpha value is -1.69. The van der Waals surface area contributed by atoms with Gasteiger partial charge < -0.3 is 10.1 Å². The van der Waals surface area contributed by atoms with Crippen LogP contribution >= 0.6 is 0 Å². The molecule has 2 saturated carbocycles. The van der Waals surface area contributed by atoms with Gasteiger partial charge in [0, 0.05) is 30.8 Å². The highest BCUT2D eigenvalue weighted by atomic mass is 16.5. The third-order valence-electron chi connectivity index (χ3n) is 6.05. The number of aromatic nitrogens is 2. The smallest absolute Gasteiger partial charge is 0.200 e. The fraction of sp³-hybridized carbons (Fsp3) is 0.722. The van der Waals surface area contributed by atoms with Crippen molar-refractivity contribution in [2.75, 3.05) is 13.7 Å². The molecule has 24 heavy (non-hydrogen) atoms. The second-order valence-corrected chi connectivity index (χ2v) is 7.51. The van der Waals surface area contributed by atoms with E-state index in [4.69, 9.17) is 14.8 Å². The Balaban J connectivity index is 1.60. The number of nitrogens with one attached hydrogen (secondary N) is 1. The molecular formula is C18H25N5O. The number of hydrogen-bond acceptors (Lipinski definition) is 5. The van der Waals surface area contributed by atoms with Crippen molar-refractivity contribution in [3.63, 3.8) is 0 Å². The molecule has 2 aliphatic carbocycles. The molecule has 0 aromatic carbocycles. The van der Waals surface area contributed by atoms with Crippen LogP contribution in [0.4, 0.5) is 0 Å². The standard InChI is InChI=1S/C18H25N5O/c1-24-18-15(16(11-5-6-11)20-10-21-18)17-13-9-19-8-7-14(13)23(22-17)12-3-2-4-12/h10-12,15-16,19H,2-9H2,1H3. The minimum atomic E-state index is 0.0856. The molecule has 0 spiro atoms. The molecule has 1 aromatic rings. The Bertz CT molecular complexity index is 699. The molecule has 5 rings (SSSR count). The molecule has 6 nitrogen and oxygen atoms in total. The molecule has 1 aromatic heterocycles. The molecule has 1 N–H and O–H groups in total. The van der Waals surface area contributed by atoms with Gasteiger partial charge in [0.1, 0.15) is 12.3 Å². The number of aliphatic imine (C=N–C) groups is 2. The molecule has 4 aliphatic rings. The first-order valence-corrected chi connectivity index (χ1v) is 9.31. The molecule has 128 valence electrons. The van der Waals surface area contributed by atoms with Crippen LogP contribution in [-0.4, -0.2) is 41.7 Å². The van der Waals surface area contributed by atoms with Gasteiger partial charge in [-0.1, -0.05) is 0 Å². The minimum Gasteiger partial charge on any atom is -0.483 e. The van der Waals surface area contributed by atoms with Crippen molar-refractivity contribution in [2.45, 2.75) is 63.1 Å². The normalized spacial score (nSPS) is 29.8. The van der Waals surface area contributed by atoms with E-state index in [1.807, 2.05) is 0 Å². The summed E-state index contributed by atoms with van der Waals surface area (Å²) in [6.07, 6.45) is 9.14. The fourth-order valence-electron chi connectivity index (χ4n) is 4.35. The van der Waals surface area contributed by atoms with Gasteiger partial charge in [-0.3, -0.25) is 9.67 Å². The summed E-state index contributed by atoms with van der Waals surface area (Å²) >= 11 is 0. The molecule has 2 aliphatic heterocycles. The Labute approximate surface area is 142 Å². The van der Waals surface area contributed by atoms with E-state index < -0.39 is 0 Å². The Morgan fingerprint density at radius 3 is 2.83 bits per heavy atom. The van der Waals surface area contributed by atoms with Gasteiger partial charge in [-0.25, -0.2) is 4.99 Å². The van der Waals surface area contributed by atoms with E-state index in [2.05, 4.69) is 15.0 Å². The first kappa shape index (κ1) is 14.6. The van der Waals surface area contributed by atoms with Crippen molar-refractivity contribution in [1.82, 2.24) is 15.1 Å². The average Bonchev–Trinajstić information content (AvgIpc) is 3.36. The van der Waals surface area contributed by atoms with Crippen molar-refractivity contribution in [1.29, 1.82) is 0 Å². The molecule has 0 amide bonds. The van der Waals surface area contributed by atoms with Crippen LogP contribution in [-0.2, 0) is 17.7 Å². The molecule has 2 atom stereocenters. The fourth-order valence-corrected chi connectivity index (χ4v) is 4.35. The SMILES string of the molecule is COC1=NC=NC(C2CC2)C1c1nn(C2CCC2)c2c1CNCC2. The van der Waals surface area contributed by atoms with Gasteiger partial charge in [-0.05, 0) is 38.0 Å². The van der Waals surface area contributed by atoms with Gasteiger partial charge in [-0.2, -0.15) is 5.10 Å². The van der Waals surface area contributed by atoms with Gasteiger partial charge in [0.05, 0.1) is 24.9 Å². The van der Waals surface area contributed by atoms with E-state index in [1.54, 1.807) is 13.4 Å². The monoisotopic (exact) mass is 327 g/mol. The minimum absolute atomic E-state index is 0.0856. The number of hydrogen-bond donors (Lipinski definition) is 1. The summed E-state index contributed by atoms with van der Waals surface area (Å²) < 4.78 is 7.99. The topological polar surface area (TPSA) is 63.8 Å². The van der Waals surface area contributed by atoms with Crippen molar-refractivity contribution < 1.29 is 4.74 Å². The maximum Gasteiger partial charge on any atom is 0.200 e. The lowest BCUT2D eigenvalue weighted by Gasteiger charge is -2.28. The number of fused-ring (bicyclic) bond motifs is 1. The number of rotatable bonds is 3. The second-order valence-electron chi connectivity index (χ2n) is 7.51. The zero-order valence-corrected chi connectivity index (χ0v) is 14.2. The van der Waals surface area contributed by atoms with Gasteiger partial charge >= 0.3 is 0 Å². The van der Waals surface area contributed by atoms with Crippen LogP contribution in [0.5, 0.6) is 0 Å². The average molecular weight is 327 g/mol. The molecule has 0 saturated heterocycles. The van der Waals surface area contributed by atoms with Crippen LogP contribution < -0.4 is 5.32 Å². The van der Waals surface area contributed by atoms with Crippen LogP contribution in [0.3, 0.4) is 0 Å². The quantitative estimate of drug-likeness (QED) is 0.926. The highest BCUT2D eigenvalue weighted by Gasteiger charge is 2.44. The molecule has 3 heterocycles. The molecule has 6 heteroatoms. The molecular weight excluding hydrogens is 302 g/mol. The summed E-state index contributed by atoms with van der Waals surface area (Å²) in [5, 5.41) is 8.67. The number of ether oxygens (including phenoxy) is 1. The van der Waals surface area contributed by atoms with Gasteiger partial charge in [-0.15, -0.1) is 0 Å². The van der Waals surface area contributed by atoms with Crippen molar-refractivity contribution >= 4 is 12.2 Å². The predicted molar refractivity (Wildman–Crippen MR) is 92.7 cm³/mol. The van der Waals surface area contributed by atoms with Crippen molar-refractivity contribution in [3.05, 3.63) is 17.0 Å². The maximum atomic E-state index is 5.66. The van der Waals surface area contributed by atoms with Crippen LogP contribution in [0.15, 0.2) is 9.98 Å². The zero-order chi connectivity index (χ0) is 16.1. The number of nitrogens with zero attached hydrogens (tertiary/aromatic N) is 4. The highest BCUT2D eigenvalue weighted by Crippen LogP contribution is 2.44. The molecule has 0 bridgehead atoms. The van der Waals surface area contributed by atoms with E-state index in [0.29, 0.717) is 12.0 Å². The lowest BCUT2D eigenvalue weighted by atomic mass is 9.88. The van der Waals surface area contributed by atoms with Gasteiger partial charge in [0.15, 0.2) is 0 Å². The zero-order valence-electron chi connectivity index (χ0n) is 14.2. The second kappa shape index (κ2) is 5.69. The third kappa shape index (κ3) is 2.23. The lowest BCUT2D eigenvalue weighted by molar-refractivity contribution is 0.278. The molecule has 2 fully saturated rings. The molecule has 2 unspecified atom stereocenters. The lowest BCUT2D eigenvalue weighted by Crippen LogP contribution is -2.33. The molecule has 0 radical (unpaired) electrons. The van der Waals surface area contributed by atoms with Crippen molar-refractivity contribution in [3.8, 4) is 0 Å². The summed E-state index contributed by atoms with van der Waals surface area (Å²) in [5.41, 5.74) is 3.98.